The first-order valence-electron chi connectivity index (χ1n) is 11.7. The zero-order chi connectivity index (χ0) is 26.3. The van der Waals surface area contributed by atoms with Crippen LogP contribution in [0.1, 0.15) is 29.3 Å². The van der Waals surface area contributed by atoms with E-state index >= 15 is 0 Å². The van der Waals surface area contributed by atoms with Gasteiger partial charge in [-0.1, -0.05) is 18.3 Å². The Bertz CT molecular complexity index is 1490. The average Bonchev–Trinajstić information content (AvgIpc) is 3.42. The van der Waals surface area contributed by atoms with Crippen molar-refractivity contribution in [2.45, 2.75) is 19.5 Å². The maximum atomic E-state index is 13.0. The van der Waals surface area contributed by atoms with E-state index in [1.807, 2.05) is 0 Å². The molecule has 194 valence electrons. The first-order chi connectivity index (χ1) is 17.6. The molecule has 0 spiro atoms. The number of hydrogen-bond donors (Lipinski definition) is 1. The van der Waals surface area contributed by atoms with E-state index in [1.165, 1.54) is 6.07 Å². The van der Waals surface area contributed by atoms with Crippen LogP contribution in [-0.4, -0.2) is 57.4 Å². The SMILES string of the molecule is C[C@@H](CC(=O)c1ccc2c(c1)nc(Nc1nc3ccc(C(F)(F)F)cc3s1)n2C)C(=O)N1CCOCC1. The smallest absolute Gasteiger partial charge is 0.378 e. The third-order valence-corrected chi connectivity index (χ3v) is 7.31. The quantitative estimate of drug-likeness (QED) is 0.352. The topological polar surface area (TPSA) is 89.3 Å². The van der Waals surface area contributed by atoms with Gasteiger partial charge < -0.3 is 19.5 Å². The number of nitrogens with one attached hydrogen (secondary N) is 1. The normalized spacial score (nSPS) is 15.3. The molecule has 1 amide bonds. The molecule has 5 rings (SSSR count). The van der Waals surface area contributed by atoms with Crippen molar-refractivity contribution in [3.05, 3.63) is 47.5 Å². The largest absolute Gasteiger partial charge is 0.416 e. The van der Waals surface area contributed by atoms with Crippen molar-refractivity contribution < 1.29 is 27.5 Å². The summed E-state index contributed by atoms with van der Waals surface area (Å²) >= 11 is 1.10. The number of alkyl halides is 3. The number of rotatable bonds is 6. The van der Waals surface area contributed by atoms with E-state index in [0.717, 1.165) is 29.0 Å². The summed E-state index contributed by atoms with van der Waals surface area (Å²) in [5.41, 5.74) is 1.52. The van der Waals surface area contributed by atoms with Gasteiger partial charge in [0.15, 0.2) is 10.9 Å². The Morgan fingerprint density at radius 3 is 2.59 bits per heavy atom. The Balaban J connectivity index is 1.33. The highest BCUT2D eigenvalue weighted by molar-refractivity contribution is 7.22. The molecule has 1 fully saturated rings. The number of carbonyl (C=O) groups excluding carboxylic acids is 2. The highest BCUT2D eigenvalue weighted by Gasteiger charge is 2.31. The highest BCUT2D eigenvalue weighted by atomic mass is 32.1. The summed E-state index contributed by atoms with van der Waals surface area (Å²) in [5, 5.41) is 3.48. The van der Waals surface area contributed by atoms with Crippen LogP contribution in [0.2, 0.25) is 0 Å². The summed E-state index contributed by atoms with van der Waals surface area (Å²) in [7, 11) is 1.79. The number of morpholine rings is 1. The van der Waals surface area contributed by atoms with Gasteiger partial charge in [0, 0.05) is 38.0 Å². The minimum Gasteiger partial charge on any atom is -0.378 e. The van der Waals surface area contributed by atoms with E-state index in [2.05, 4.69) is 15.3 Å². The molecular weight excluding hydrogens is 507 g/mol. The fourth-order valence-electron chi connectivity index (χ4n) is 4.31. The summed E-state index contributed by atoms with van der Waals surface area (Å²) in [6.07, 6.45) is -4.34. The maximum absolute atomic E-state index is 13.0. The number of ether oxygens (including phenoxy) is 1. The molecule has 0 aliphatic carbocycles. The van der Waals surface area contributed by atoms with Crippen LogP contribution in [0.3, 0.4) is 0 Å². The standard InChI is InChI=1S/C25H24F3N5O3S/c1-14(22(35)33-7-9-36-10-8-33)11-20(34)15-3-6-19-18(12-15)29-23(32(19)2)31-24-30-17-5-4-16(25(26,27)28)13-21(17)37-24/h3-6,12-14H,7-11H2,1-2H3,(H,29,30,31)/t14-/m0/s1. The van der Waals surface area contributed by atoms with Gasteiger partial charge in [0.25, 0.3) is 0 Å². The molecule has 0 radical (unpaired) electrons. The Morgan fingerprint density at radius 2 is 1.86 bits per heavy atom. The van der Waals surface area contributed by atoms with Gasteiger partial charge in [-0.2, -0.15) is 13.2 Å². The average molecular weight is 532 g/mol. The Morgan fingerprint density at radius 1 is 1.11 bits per heavy atom. The number of nitrogens with zero attached hydrogens (tertiary/aromatic N) is 4. The van der Waals surface area contributed by atoms with Gasteiger partial charge in [-0.15, -0.1) is 0 Å². The van der Waals surface area contributed by atoms with Crippen molar-refractivity contribution in [2.75, 3.05) is 31.6 Å². The summed E-state index contributed by atoms with van der Waals surface area (Å²) in [6.45, 7) is 3.83. The lowest BCUT2D eigenvalue weighted by atomic mass is 9.98. The molecule has 2 aromatic carbocycles. The van der Waals surface area contributed by atoms with Crippen LogP contribution >= 0.6 is 11.3 Å². The van der Waals surface area contributed by atoms with Crippen LogP contribution in [0.25, 0.3) is 21.3 Å². The van der Waals surface area contributed by atoms with E-state index in [9.17, 15) is 22.8 Å². The second-order valence-electron chi connectivity index (χ2n) is 8.99. The number of anilines is 2. The molecule has 37 heavy (non-hydrogen) atoms. The maximum Gasteiger partial charge on any atom is 0.416 e. The number of fused-ring (bicyclic) bond motifs is 2. The second kappa shape index (κ2) is 9.75. The van der Waals surface area contributed by atoms with E-state index in [1.54, 1.807) is 41.6 Å². The first-order valence-corrected chi connectivity index (χ1v) is 12.5. The molecule has 4 aromatic rings. The summed E-state index contributed by atoms with van der Waals surface area (Å²) in [4.78, 5) is 36.3. The molecule has 3 heterocycles. The summed E-state index contributed by atoms with van der Waals surface area (Å²) in [6, 6.07) is 8.60. The molecule has 1 aliphatic heterocycles. The number of halogens is 3. The molecule has 2 aromatic heterocycles. The van der Waals surface area contributed by atoms with Gasteiger partial charge in [0.1, 0.15) is 0 Å². The number of imidazole rings is 1. The van der Waals surface area contributed by atoms with Crippen LogP contribution < -0.4 is 5.32 Å². The lowest BCUT2D eigenvalue weighted by Crippen LogP contribution is -2.43. The predicted molar refractivity (Wildman–Crippen MR) is 134 cm³/mol. The Labute approximate surface area is 214 Å². The van der Waals surface area contributed by atoms with Gasteiger partial charge in [0.2, 0.25) is 11.9 Å². The molecular formula is C25H24F3N5O3S. The fraction of sp³-hybridized carbons (Fsp3) is 0.360. The number of hydrogen-bond acceptors (Lipinski definition) is 7. The summed E-state index contributed by atoms with van der Waals surface area (Å²) < 4.78 is 46.6. The van der Waals surface area contributed by atoms with E-state index in [0.29, 0.717) is 58.7 Å². The first kappa shape index (κ1) is 25.2. The highest BCUT2D eigenvalue weighted by Crippen LogP contribution is 2.35. The predicted octanol–water partition coefficient (Wildman–Crippen LogP) is 5.01. The van der Waals surface area contributed by atoms with Crippen LogP contribution in [0.5, 0.6) is 0 Å². The van der Waals surface area contributed by atoms with Crippen molar-refractivity contribution >= 4 is 55.4 Å². The third-order valence-electron chi connectivity index (χ3n) is 6.37. The molecule has 0 unspecified atom stereocenters. The molecule has 8 nitrogen and oxygen atoms in total. The number of ketones is 1. The van der Waals surface area contributed by atoms with Gasteiger partial charge in [-0.05, 0) is 36.4 Å². The minimum atomic E-state index is -4.42. The van der Waals surface area contributed by atoms with Crippen molar-refractivity contribution in [1.29, 1.82) is 0 Å². The number of benzene rings is 2. The van der Waals surface area contributed by atoms with E-state index in [4.69, 9.17) is 4.74 Å². The zero-order valence-electron chi connectivity index (χ0n) is 20.1. The molecule has 1 aliphatic rings. The number of aryl methyl sites for hydroxylation is 1. The van der Waals surface area contributed by atoms with Crippen LogP contribution in [0, 0.1) is 5.92 Å². The van der Waals surface area contributed by atoms with Crippen LogP contribution in [0.15, 0.2) is 36.4 Å². The Kier molecular flexibility index (Phi) is 6.63. The van der Waals surface area contributed by atoms with Crippen molar-refractivity contribution in [2.24, 2.45) is 13.0 Å². The molecule has 12 heteroatoms. The molecule has 0 saturated carbocycles. The van der Waals surface area contributed by atoms with Crippen molar-refractivity contribution in [1.82, 2.24) is 19.4 Å². The molecule has 1 saturated heterocycles. The molecule has 1 atom stereocenters. The van der Waals surface area contributed by atoms with E-state index in [-0.39, 0.29) is 18.1 Å². The molecule has 1 N–H and O–H groups in total. The lowest BCUT2D eigenvalue weighted by molar-refractivity contribution is -0.139. The Hall–Kier alpha value is -3.51. The van der Waals surface area contributed by atoms with Crippen molar-refractivity contribution in [3.8, 4) is 0 Å². The van der Waals surface area contributed by atoms with Gasteiger partial charge in [0.05, 0.1) is 40.0 Å². The van der Waals surface area contributed by atoms with Crippen LogP contribution in [0.4, 0.5) is 24.3 Å². The number of amides is 1. The van der Waals surface area contributed by atoms with E-state index < -0.39 is 17.7 Å². The molecule has 0 bridgehead atoms. The second-order valence-corrected chi connectivity index (χ2v) is 10.0. The number of aromatic nitrogens is 3. The number of carbonyl (C=O) groups is 2. The summed E-state index contributed by atoms with van der Waals surface area (Å²) in [5.74, 6) is -0.215. The fourth-order valence-corrected chi connectivity index (χ4v) is 5.21. The monoisotopic (exact) mass is 531 g/mol. The number of Topliss-reactive ketones (excluding diaryl/α,β-unsaturated/α-hetero) is 1. The van der Waals surface area contributed by atoms with Crippen molar-refractivity contribution in [3.63, 3.8) is 0 Å². The van der Waals surface area contributed by atoms with Crippen LogP contribution in [-0.2, 0) is 22.8 Å². The van der Waals surface area contributed by atoms with Gasteiger partial charge in [-0.3, -0.25) is 9.59 Å². The minimum absolute atomic E-state index is 0.0553. The lowest BCUT2D eigenvalue weighted by Gasteiger charge is -2.29. The third kappa shape index (κ3) is 5.16. The zero-order valence-corrected chi connectivity index (χ0v) is 20.9. The van der Waals surface area contributed by atoms with Gasteiger partial charge in [-0.25, -0.2) is 9.97 Å². The number of thiazole rings is 1. The van der Waals surface area contributed by atoms with Gasteiger partial charge >= 0.3 is 6.18 Å².